The first-order valence-electron chi connectivity index (χ1n) is 31.0. The third-order valence-corrected chi connectivity index (χ3v) is 13.8. The number of ether oxygens (including phenoxy) is 2. The van der Waals surface area contributed by atoms with E-state index >= 15 is 0 Å². The Labute approximate surface area is 472 Å². The normalized spacial score (nSPS) is 13.9. The topological polar surface area (TPSA) is 134 Å². The molecule has 0 spiro atoms. The highest BCUT2D eigenvalue weighted by Gasteiger charge is 2.26. The van der Waals surface area contributed by atoms with Crippen LogP contribution < -0.4 is 5.73 Å². The van der Waals surface area contributed by atoms with E-state index in [1.807, 2.05) is 0 Å². The molecule has 440 valence electrons. The number of phosphoric ester groups is 1. The first-order chi connectivity index (χ1) is 37.8. The highest BCUT2D eigenvalue weighted by atomic mass is 31.2. The molecule has 0 saturated carbocycles. The fraction of sp³-hybridized carbons (Fsp3) is 0.672. The molecule has 9 nitrogen and oxygen atoms in total. The number of carbonyl (C=O) groups excluding carboxylic acids is 2. The van der Waals surface area contributed by atoms with E-state index in [9.17, 15) is 19.0 Å². The average Bonchev–Trinajstić information content (AvgIpc) is 3.42. The number of allylic oxidation sites excluding steroid dienone is 20. The van der Waals surface area contributed by atoms with Crippen LogP contribution in [0.5, 0.6) is 0 Å². The van der Waals surface area contributed by atoms with Gasteiger partial charge in [-0.3, -0.25) is 18.6 Å². The van der Waals surface area contributed by atoms with Crippen LogP contribution in [0.25, 0.3) is 0 Å². The maximum atomic E-state index is 12.7. The van der Waals surface area contributed by atoms with Gasteiger partial charge in [-0.1, -0.05) is 264 Å². The molecule has 0 rings (SSSR count). The number of rotatable bonds is 57. The van der Waals surface area contributed by atoms with Gasteiger partial charge in [0.15, 0.2) is 6.10 Å². The van der Waals surface area contributed by atoms with Crippen molar-refractivity contribution >= 4 is 19.8 Å². The molecule has 0 amide bonds. The quantitative estimate of drug-likeness (QED) is 0.0264. The van der Waals surface area contributed by atoms with Crippen LogP contribution in [0.4, 0.5) is 0 Å². The first kappa shape index (κ1) is 73.4. The van der Waals surface area contributed by atoms with Crippen molar-refractivity contribution < 1.29 is 37.6 Å². The molecule has 2 atom stereocenters. The van der Waals surface area contributed by atoms with Gasteiger partial charge >= 0.3 is 19.8 Å². The molecule has 0 radical (unpaired) electrons. The standard InChI is InChI=1S/C67H114NO8P/c1-3-5-7-9-11-13-15-17-19-21-22-23-24-25-26-27-28-29-30-31-32-33-34-35-36-37-38-39-40-41-42-44-46-48-50-52-54-56-58-60-67(70)76-65(64-75-77(71,72)74-62-61-68)63-73-66(69)59-57-55-53-51-49-47-45-43-20-18-16-14-12-10-8-6-4-2/h5-8,11-14,17-20,22-23,25-26,28-29,31-32,65H,3-4,9-10,15-16,21,24,27,30,33-64,68H2,1-2H3,(H,71,72)/b7-5-,8-6-,13-11-,14-12-,19-17-,20-18-,23-22-,26-25-,29-28-,32-31-. The van der Waals surface area contributed by atoms with Crippen LogP contribution in [-0.4, -0.2) is 49.3 Å². The van der Waals surface area contributed by atoms with Gasteiger partial charge in [-0.25, -0.2) is 4.57 Å². The summed E-state index contributed by atoms with van der Waals surface area (Å²) in [6.07, 6.45) is 85.6. The third kappa shape index (κ3) is 61.5. The van der Waals surface area contributed by atoms with Crippen molar-refractivity contribution in [2.75, 3.05) is 26.4 Å². The summed E-state index contributed by atoms with van der Waals surface area (Å²) in [5, 5.41) is 0. The van der Waals surface area contributed by atoms with E-state index in [1.54, 1.807) is 0 Å². The zero-order chi connectivity index (χ0) is 55.9. The molecule has 0 aliphatic rings. The smallest absolute Gasteiger partial charge is 0.462 e. The van der Waals surface area contributed by atoms with Crippen molar-refractivity contribution in [3.05, 3.63) is 122 Å². The van der Waals surface area contributed by atoms with Crippen molar-refractivity contribution in [2.24, 2.45) is 5.73 Å². The summed E-state index contributed by atoms with van der Waals surface area (Å²) < 4.78 is 33.0. The summed E-state index contributed by atoms with van der Waals surface area (Å²) in [5.41, 5.74) is 5.38. The molecule has 0 aliphatic carbocycles. The first-order valence-corrected chi connectivity index (χ1v) is 32.5. The highest BCUT2D eigenvalue weighted by Crippen LogP contribution is 2.43. The number of hydrogen-bond acceptors (Lipinski definition) is 8. The van der Waals surface area contributed by atoms with Gasteiger partial charge in [-0.15, -0.1) is 0 Å². The predicted molar refractivity (Wildman–Crippen MR) is 330 cm³/mol. The van der Waals surface area contributed by atoms with E-state index in [2.05, 4.69) is 135 Å². The van der Waals surface area contributed by atoms with Gasteiger partial charge in [0, 0.05) is 19.4 Å². The second-order valence-electron chi connectivity index (χ2n) is 20.2. The zero-order valence-corrected chi connectivity index (χ0v) is 50.0. The number of phosphoric acid groups is 1. The summed E-state index contributed by atoms with van der Waals surface area (Å²) in [6.45, 7) is 3.51. The van der Waals surface area contributed by atoms with E-state index in [0.29, 0.717) is 6.42 Å². The van der Waals surface area contributed by atoms with E-state index < -0.39 is 32.5 Å². The lowest BCUT2D eigenvalue weighted by molar-refractivity contribution is -0.161. The van der Waals surface area contributed by atoms with Crippen LogP contribution in [0.3, 0.4) is 0 Å². The van der Waals surface area contributed by atoms with Crippen molar-refractivity contribution in [2.45, 2.75) is 264 Å². The Balaban J connectivity index is 3.88. The van der Waals surface area contributed by atoms with Crippen LogP contribution in [-0.2, 0) is 32.7 Å². The molecule has 0 heterocycles. The Kier molecular flexibility index (Phi) is 58.7. The Hall–Kier alpha value is -3.59. The minimum atomic E-state index is -4.40. The molecule has 0 aromatic heterocycles. The van der Waals surface area contributed by atoms with Gasteiger partial charge in [0.05, 0.1) is 13.2 Å². The molecule has 3 N–H and O–H groups in total. The lowest BCUT2D eigenvalue weighted by atomic mass is 10.0. The second kappa shape index (κ2) is 61.6. The van der Waals surface area contributed by atoms with E-state index in [0.717, 1.165) is 116 Å². The minimum absolute atomic E-state index is 0.0479. The monoisotopic (exact) mass is 1090 g/mol. The summed E-state index contributed by atoms with van der Waals surface area (Å²) in [4.78, 5) is 35.2. The summed E-state index contributed by atoms with van der Waals surface area (Å²) in [6, 6.07) is 0. The van der Waals surface area contributed by atoms with Gasteiger partial charge in [0.1, 0.15) is 6.61 Å². The molecule has 0 bridgehead atoms. The van der Waals surface area contributed by atoms with Gasteiger partial charge in [-0.2, -0.15) is 0 Å². The SMILES string of the molecule is CC/C=C\C/C=C\C/C=C\C/C=C\C/C=C\C/C=C\C/C=C\CCCCCCCCCCCCCCCCCCCC(=O)OC(COC(=O)CCCCCCCCC/C=C\C/C=C\C/C=C\CC)COP(=O)(O)OCCN. The van der Waals surface area contributed by atoms with Crippen molar-refractivity contribution in [1.82, 2.24) is 0 Å². The maximum Gasteiger partial charge on any atom is 0.472 e. The van der Waals surface area contributed by atoms with Crippen molar-refractivity contribution in [3.63, 3.8) is 0 Å². The van der Waals surface area contributed by atoms with Gasteiger partial charge < -0.3 is 20.1 Å². The highest BCUT2D eigenvalue weighted by molar-refractivity contribution is 7.47. The fourth-order valence-electron chi connectivity index (χ4n) is 8.34. The van der Waals surface area contributed by atoms with Crippen LogP contribution in [0.1, 0.15) is 258 Å². The summed E-state index contributed by atoms with van der Waals surface area (Å²) in [7, 11) is -4.40. The van der Waals surface area contributed by atoms with E-state index in [1.165, 1.54) is 109 Å². The van der Waals surface area contributed by atoms with E-state index in [-0.39, 0.29) is 32.6 Å². The van der Waals surface area contributed by atoms with Crippen LogP contribution in [0, 0.1) is 0 Å². The van der Waals surface area contributed by atoms with Crippen LogP contribution in [0.15, 0.2) is 122 Å². The molecule has 10 heteroatoms. The van der Waals surface area contributed by atoms with Gasteiger partial charge in [0.2, 0.25) is 0 Å². The molecule has 0 fully saturated rings. The number of hydrogen-bond donors (Lipinski definition) is 2. The predicted octanol–water partition coefficient (Wildman–Crippen LogP) is 20.0. The molecule has 77 heavy (non-hydrogen) atoms. The van der Waals surface area contributed by atoms with Crippen LogP contribution >= 0.6 is 7.82 Å². The Morgan fingerprint density at radius 3 is 1.00 bits per heavy atom. The number of carbonyl (C=O) groups is 2. The molecule has 0 saturated heterocycles. The lowest BCUT2D eigenvalue weighted by Gasteiger charge is -2.19. The largest absolute Gasteiger partial charge is 0.472 e. The summed E-state index contributed by atoms with van der Waals surface area (Å²) in [5.74, 6) is -0.839. The Morgan fingerprint density at radius 2 is 0.675 bits per heavy atom. The number of unbranched alkanes of at least 4 members (excludes halogenated alkanes) is 24. The van der Waals surface area contributed by atoms with E-state index in [4.69, 9.17) is 24.3 Å². The Morgan fingerprint density at radius 1 is 0.390 bits per heavy atom. The maximum absolute atomic E-state index is 12.7. The minimum Gasteiger partial charge on any atom is -0.462 e. The third-order valence-electron chi connectivity index (χ3n) is 12.8. The van der Waals surface area contributed by atoms with Gasteiger partial charge in [0.25, 0.3) is 0 Å². The van der Waals surface area contributed by atoms with Crippen LogP contribution in [0.2, 0.25) is 0 Å². The lowest BCUT2D eigenvalue weighted by Crippen LogP contribution is -2.29. The Bertz CT molecular complexity index is 1670. The molecule has 0 aromatic carbocycles. The molecular formula is C67H114NO8P. The van der Waals surface area contributed by atoms with Crippen molar-refractivity contribution in [1.29, 1.82) is 0 Å². The zero-order valence-electron chi connectivity index (χ0n) is 49.2. The van der Waals surface area contributed by atoms with Crippen molar-refractivity contribution in [3.8, 4) is 0 Å². The molecule has 0 aromatic rings. The number of nitrogens with two attached hydrogens (primary N) is 1. The molecule has 2 unspecified atom stereocenters. The van der Waals surface area contributed by atoms with Gasteiger partial charge in [-0.05, 0) is 103 Å². The summed E-state index contributed by atoms with van der Waals surface area (Å²) >= 11 is 0. The fourth-order valence-corrected chi connectivity index (χ4v) is 9.10. The number of esters is 2. The average molecular weight is 1090 g/mol. The molecular weight excluding hydrogens is 978 g/mol. The molecule has 0 aliphatic heterocycles. The second-order valence-corrected chi connectivity index (χ2v) is 21.6.